The van der Waals surface area contributed by atoms with Crippen LogP contribution in [0, 0.1) is 12.7 Å². The van der Waals surface area contributed by atoms with Gasteiger partial charge in [-0.1, -0.05) is 12.1 Å². The van der Waals surface area contributed by atoms with E-state index in [2.05, 4.69) is 30.4 Å². The minimum atomic E-state index is -0.174. The molecule has 0 aliphatic carbocycles. The number of benzene rings is 1. The van der Waals surface area contributed by atoms with Crippen molar-refractivity contribution in [2.75, 3.05) is 50.7 Å². The highest BCUT2D eigenvalue weighted by molar-refractivity contribution is 5.80. The molecule has 168 valence electrons. The van der Waals surface area contributed by atoms with Crippen LogP contribution < -0.4 is 15.5 Å². The van der Waals surface area contributed by atoms with E-state index in [-0.39, 0.29) is 11.9 Å². The lowest BCUT2D eigenvalue weighted by Crippen LogP contribution is -2.47. The summed E-state index contributed by atoms with van der Waals surface area (Å²) in [5.74, 6) is 1.41. The number of nitrogens with zero attached hydrogens (tertiary/aromatic N) is 5. The zero-order valence-corrected chi connectivity index (χ0v) is 18.8. The van der Waals surface area contributed by atoms with Crippen molar-refractivity contribution in [1.29, 1.82) is 0 Å². The number of anilines is 1. The third-order valence-electron chi connectivity index (χ3n) is 5.50. The summed E-state index contributed by atoms with van der Waals surface area (Å²) in [6.07, 6.45) is 4.57. The lowest BCUT2D eigenvalue weighted by Gasteiger charge is -2.34. The van der Waals surface area contributed by atoms with Gasteiger partial charge in [-0.25, -0.2) is 14.4 Å². The number of halogens is 1. The number of guanidine groups is 1. The van der Waals surface area contributed by atoms with E-state index in [1.807, 2.05) is 32.0 Å². The van der Waals surface area contributed by atoms with E-state index in [1.54, 1.807) is 25.4 Å². The molecule has 0 spiro atoms. The van der Waals surface area contributed by atoms with E-state index in [0.717, 1.165) is 69.7 Å². The maximum atomic E-state index is 13.9. The van der Waals surface area contributed by atoms with Crippen molar-refractivity contribution >= 4 is 11.9 Å². The summed E-state index contributed by atoms with van der Waals surface area (Å²) in [6, 6.07) is 7.19. The van der Waals surface area contributed by atoms with Crippen molar-refractivity contribution in [2.45, 2.75) is 33.2 Å². The smallest absolute Gasteiger partial charge is 0.225 e. The maximum absolute atomic E-state index is 13.9. The summed E-state index contributed by atoms with van der Waals surface area (Å²) in [5, 5.41) is 6.66. The molecule has 2 N–H and O–H groups in total. The van der Waals surface area contributed by atoms with Gasteiger partial charge in [0.2, 0.25) is 5.95 Å². The molecule has 1 aromatic carbocycles. The molecule has 7 nitrogen and oxygen atoms in total. The molecule has 2 aromatic rings. The highest BCUT2D eigenvalue weighted by Gasteiger charge is 2.18. The Morgan fingerprint density at radius 1 is 1.19 bits per heavy atom. The Kier molecular flexibility index (Phi) is 8.58. The zero-order valence-electron chi connectivity index (χ0n) is 18.8. The number of hydrogen-bond donors (Lipinski definition) is 2. The van der Waals surface area contributed by atoms with Crippen molar-refractivity contribution in [3.8, 4) is 0 Å². The summed E-state index contributed by atoms with van der Waals surface area (Å²) in [4.78, 5) is 18.1. The minimum absolute atomic E-state index is 0.0267. The second kappa shape index (κ2) is 11.6. The first-order chi connectivity index (χ1) is 15.1. The average Bonchev–Trinajstić information content (AvgIpc) is 2.79. The monoisotopic (exact) mass is 427 g/mol. The third-order valence-corrected chi connectivity index (χ3v) is 5.50. The molecule has 1 aliphatic rings. The number of nitrogens with one attached hydrogen (secondary N) is 2. The molecule has 1 aromatic heterocycles. The Hall–Kier alpha value is -2.74. The van der Waals surface area contributed by atoms with Crippen LogP contribution in [0.3, 0.4) is 0 Å². The van der Waals surface area contributed by atoms with Crippen molar-refractivity contribution < 1.29 is 4.39 Å². The Labute approximate surface area is 184 Å². The van der Waals surface area contributed by atoms with E-state index >= 15 is 0 Å². The Morgan fingerprint density at radius 2 is 1.94 bits per heavy atom. The fourth-order valence-electron chi connectivity index (χ4n) is 3.60. The molecular formula is C23H34FN7. The molecule has 0 radical (unpaired) electrons. The van der Waals surface area contributed by atoms with Crippen LogP contribution in [0.1, 0.15) is 37.4 Å². The van der Waals surface area contributed by atoms with E-state index in [0.29, 0.717) is 5.56 Å². The van der Waals surface area contributed by atoms with Gasteiger partial charge < -0.3 is 15.5 Å². The van der Waals surface area contributed by atoms with E-state index < -0.39 is 0 Å². The lowest BCUT2D eigenvalue weighted by molar-refractivity contribution is 0.255. The predicted octanol–water partition coefficient (Wildman–Crippen LogP) is 2.75. The Balaban J connectivity index is 1.43. The predicted molar refractivity (Wildman–Crippen MR) is 124 cm³/mol. The summed E-state index contributed by atoms with van der Waals surface area (Å²) < 4.78 is 13.9. The summed E-state index contributed by atoms with van der Waals surface area (Å²) in [5.41, 5.74) is 1.57. The second-order valence-electron chi connectivity index (χ2n) is 7.87. The van der Waals surface area contributed by atoms with Crippen molar-refractivity contribution in [3.05, 3.63) is 53.6 Å². The number of piperazine rings is 1. The van der Waals surface area contributed by atoms with E-state index in [9.17, 15) is 4.39 Å². The normalized spacial score (nSPS) is 16.3. The number of rotatable bonds is 8. The highest BCUT2D eigenvalue weighted by Crippen LogP contribution is 2.16. The minimum Gasteiger partial charge on any atom is -0.357 e. The molecule has 3 rings (SSSR count). The Bertz CT molecular complexity index is 835. The number of aryl methyl sites for hydroxylation is 1. The van der Waals surface area contributed by atoms with Gasteiger partial charge in [0.15, 0.2) is 5.96 Å². The summed E-state index contributed by atoms with van der Waals surface area (Å²) in [6.45, 7) is 12.3. The van der Waals surface area contributed by atoms with Gasteiger partial charge >= 0.3 is 0 Å². The zero-order chi connectivity index (χ0) is 22.1. The number of aromatic nitrogens is 2. The molecular weight excluding hydrogens is 393 g/mol. The van der Waals surface area contributed by atoms with Crippen LogP contribution in [0.15, 0.2) is 41.7 Å². The standard InChI is InChI=1S/C23H34FN7/c1-4-25-22(29-19(3)20-8-7-18(2)21(24)17-20)26-11-6-12-30-13-15-31(16-14-30)23-27-9-5-10-28-23/h5,7-10,17,19H,4,6,11-16H2,1-3H3,(H2,25,26,29). The first kappa shape index (κ1) is 22.9. The van der Waals surface area contributed by atoms with Gasteiger partial charge in [-0.05, 0) is 50.5 Å². The molecule has 1 fully saturated rings. The fourth-order valence-corrected chi connectivity index (χ4v) is 3.60. The van der Waals surface area contributed by atoms with Gasteiger partial charge in [-0.15, -0.1) is 0 Å². The van der Waals surface area contributed by atoms with Crippen LogP contribution in [-0.2, 0) is 0 Å². The largest absolute Gasteiger partial charge is 0.357 e. The van der Waals surface area contributed by atoms with Crippen LogP contribution in [0.4, 0.5) is 10.3 Å². The molecule has 0 saturated carbocycles. The lowest BCUT2D eigenvalue weighted by atomic mass is 10.1. The van der Waals surface area contributed by atoms with Crippen LogP contribution in [0.2, 0.25) is 0 Å². The molecule has 1 aliphatic heterocycles. The molecule has 1 atom stereocenters. The van der Waals surface area contributed by atoms with Gasteiger partial charge in [0.05, 0.1) is 6.04 Å². The van der Waals surface area contributed by atoms with Crippen LogP contribution in [0.25, 0.3) is 0 Å². The van der Waals surface area contributed by atoms with Crippen molar-refractivity contribution in [2.24, 2.45) is 4.99 Å². The quantitative estimate of drug-likeness (QED) is 0.384. The van der Waals surface area contributed by atoms with Crippen LogP contribution >= 0.6 is 0 Å². The maximum Gasteiger partial charge on any atom is 0.225 e. The summed E-state index contributed by atoms with van der Waals surface area (Å²) in [7, 11) is 0. The van der Waals surface area contributed by atoms with Crippen LogP contribution in [-0.4, -0.2) is 66.6 Å². The molecule has 0 amide bonds. The van der Waals surface area contributed by atoms with Gasteiger partial charge in [-0.2, -0.15) is 0 Å². The van der Waals surface area contributed by atoms with Gasteiger partial charge in [0, 0.05) is 58.2 Å². The topological polar surface area (TPSA) is 68.7 Å². The van der Waals surface area contributed by atoms with Crippen molar-refractivity contribution in [3.63, 3.8) is 0 Å². The van der Waals surface area contributed by atoms with Crippen molar-refractivity contribution in [1.82, 2.24) is 25.5 Å². The van der Waals surface area contributed by atoms with Crippen LogP contribution in [0.5, 0.6) is 0 Å². The van der Waals surface area contributed by atoms with Gasteiger partial charge in [-0.3, -0.25) is 9.89 Å². The molecule has 1 saturated heterocycles. The second-order valence-corrected chi connectivity index (χ2v) is 7.87. The first-order valence-corrected chi connectivity index (χ1v) is 11.1. The third kappa shape index (κ3) is 6.89. The number of hydrogen-bond acceptors (Lipinski definition) is 5. The molecule has 31 heavy (non-hydrogen) atoms. The number of aliphatic imine (C=N–C) groups is 1. The summed E-state index contributed by atoms with van der Waals surface area (Å²) >= 11 is 0. The average molecular weight is 428 g/mol. The first-order valence-electron chi connectivity index (χ1n) is 11.1. The SMILES string of the molecule is CCNC(=NCCCN1CCN(c2ncccn2)CC1)NC(C)c1ccc(C)c(F)c1. The highest BCUT2D eigenvalue weighted by atomic mass is 19.1. The van der Waals surface area contributed by atoms with Gasteiger partial charge in [0.1, 0.15) is 5.82 Å². The Morgan fingerprint density at radius 3 is 2.61 bits per heavy atom. The van der Waals surface area contributed by atoms with E-state index in [1.165, 1.54) is 0 Å². The molecule has 8 heteroatoms. The van der Waals surface area contributed by atoms with E-state index in [4.69, 9.17) is 4.99 Å². The molecule has 1 unspecified atom stereocenters. The molecule has 0 bridgehead atoms. The fraction of sp³-hybridized carbons (Fsp3) is 0.522. The van der Waals surface area contributed by atoms with Gasteiger partial charge in [0.25, 0.3) is 0 Å². The molecule has 2 heterocycles.